The Hall–Kier alpha value is -1.26. The molecule has 0 radical (unpaired) electrons. The van der Waals surface area contributed by atoms with E-state index in [-0.39, 0.29) is 18.3 Å². The van der Waals surface area contributed by atoms with Gasteiger partial charge in [-0.05, 0) is 62.8 Å². The fourth-order valence-corrected chi connectivity index (χ4v) is 3.62. The zero-order valence-electron chi connectivity index (χ0n) is 14.0. The largest absolute Gasteiger partial charge is 0.481 e. The van der Waals surface area contributed by atoms with E-state index in [4.69, 9.17) is 4.74 Å². The second kappa shape index (κ2) is 7.54. The number of amides is 1. The molecule has 128 valence electrons. The normalized spacial score (nSPS) is 20.9. The fourth-order valence-electron chi connectivity index (χ4n) is 3.62. The fraction of sp³-hybridized carbons (Fsp3) is 0.611. The summed E-state index contributed by atoms with van der Waals surface area (Å²) in [5.41, 5.74) is 1.59. The van der Waals surface area contributed by atoms with Crippen molar-refractivity contribution in [2.24, 2.45) is 5.41 Å². The lowest BCUT2D eigenvalue weighted by Crippen LogP contribution is -2.48. The summed E-state index contributed by atoms with van der Waals surface area (Å²) in [4.78, 5) is 14.6. The van der Waals surface area contributed by atoms with Crippen LogP contribution >= 0.6 is 12.4 Å². The summed E-state index contributed by atoms with van der Waals surface area (Å²) in [5, 5.41) is 3.46. The predicted molar refractivity (Wildman–Crippen MR) is 94.3 cm³/mol. The highest BCUT2D eigenvalue weighted by molar-refractivity contribution is 5.85. The number of hydrogen-bond donors (Lipinski definition) is 1. The number of carbonyl (C=O) groups excluding carboxylic acids is 1. The Morgan fingerprint density at radius 3 is 2.65 bits per heavy atom. The van der Waals surface area contributed by atoms with Crippen LogP contribution in [0.15, 0.2) is 24.3 Å². The Balaban J connectivity index is 0.00000192. The Morgan fingerprint density at radius 2 is 2.04 bits per heavy atom. The van der Waals surface area contributed by atoms with E-state index < -0.39 is 6.10 Å². The number of ether oxygens (including phenoxy) is 1. The number of rotatable bonds is 3. The lowest BCUT2D eigenvalue weighted by atomic mass is 9.78. The topological polar surface area (TPSA) is 41.6 Å². The van der Waals surface area contributed by atoms with Crippen molar-refractivity contribution in [3.63, 3.8) is 0 Å². The smallest absolute Gasteiger partial charge is 0.263 e. The lowest BCUT2D eigenvalue weighted by molar-refractivity contribution is -0.140. The number of piperidine rings is 1. The van der Waals surface area contributed by atoms with Gasteiger partial charge in [0.1, 0.15) is 5.75 Å². The van der Waals surface area contributed by atoms with Crippen LogP contribution in [0.2, 0.25) is 0 Å². The Bertz CT molecular complexity index is 534. The summed E-state index contributed by atoms with van der Waals surface area (Å²) in [7, 11) is 0. The number of hydrogen-bond acceptors (Lipinski definition) is 3. The molecule has 0 aliphatic carbocycles. The summed E-state index contributed by atoms with van der Waals surface area (Å²) in [5.74, 6) is 0.886. The van der Waals surface area contributed by atoms with Crippen molar-refractivity contribution in [3.05, 3.63) is 29.8 Å². The summed E-state index contributed by atoms with van der Waals surface area (Å²) in [6, 6.07) is 7.87. The number of benzene rings is 1. The molecule has 0 aromatic heterocycles. The van der Waals surface area contributed by atoms with E-state index in [9.17, 15) is 4.79 Å². The van der Waals surface area contributed by atoms with Crippen molar-refractivity contribution in [2.75, 3.05) is 26.2 Å². The first-order chi connectivity index (χ1) is 10.6. The van der Waals surface area contributed by atoms with E-state index in [0.29, 0.717) is 5.41 Å². The van der Waals surface area contributed by atoms with Gasteiger partial charge in [0.2, 0.25) is 0 Å². The molecule has 1 aromatic carbocycles. The second-order valence-corrected chi connectivity index (χ2v) is 6.83. The van der Waals surface area contributed by atoms with Crippen molar-refractivity contribution >= 4 is 18.3 Å². The Labute approximate surface area is 145 Å². The third kappa shape index (κ3) is 4.18. The zero-order chi connectivity index (χ0) is 15.6. The molecule has 23 heavy (non-hydrogen) atoms. The maximum absolute atomic E-state index is 12.6. The maximum atomic E-state index is 12.6. The number of halogens is 1. The lowest BCUT2D eigenvalue weighted by Gasteiger charge is -2.39. The third-order valence-corrected chi connectivity index (χ3v) is 5.12. The molecule has 1 unspecified atom stereocenters. The SMILES string of the molecule is Cc1cccc(OC(C)C(=O)N2CCC3(CCNC3)CC2)c1.Cl. The molecule has 1 aromatic rings. The van der Waals surface area contributed by atoms with E-state index in [1.54, 1.807) is 0 Å². The molecule has 0 bridgehead atoms. The standard InChI is InChI=1S/C18H26N2O2.ClH/c1-14-4-3-5-16(12-14)22-15(2)17(21)20-10-7-18(8-11-20)6-9-19-13-18;/h3-5,12,15,19H,6-11,13H2,1-2H3;1H. The van der Waals surface area contributed by atoms with E-state index in [2.05, 4.69) is 5.32 Å². The Morgan fingerprint density at radius 1 is 1.30 bits per heavy atom. The van der Waals surface area contributed by atoms with Gasteiger partial charge in [0.15, 0.2) is 6.10 Å². The van der Waals surface area contributed by atoms with Crippen LogP contribution in [-0.4, -0.2) is 43.1 Å². The van der Waals surface area contributed by atoms with Crippen molar-refractivity contribution in [1.82, 2.24) is 10.2 Å². The van der Waals surface area contributed by atoms with Crippen LogP contribution in [0.3, 0.4) is 0 Å². The predicted octanol–water partition coefficient (Wildman–Crippen LogP) is 2.79. The van der Waals surface area contributed by atoms with Gasteiger partial charge in [0.25, 0.3) is 5.91 Å². The maximum Gasteiger partial charge on any atom is 0.263 e. The van der Waals surface area contributed by atoms with Gasteiger partial charge in [0.05, 0.1) is 0 Å². The molecule has 4 nitrogen and oxygen atoms in total. The summed E-state index contributed by atoms with van der Waals surface area (Å²) in [6.45, 7) is 7.85. The van der Waals surface area contributed by atoms with E-state index in [1.165, 1.54) is 6.42 Å². The van der Waals surface area contributed by atoms with E-state index >= 15 is 0 Å². The van der Waals surface area contributed by atoms with Crippen LogP contribution in [-0.2, 0) is 4.79 Å². The minimum atomic E-state index is -0.419. The first-order valence-electron chi connectivity index (χ1n) is 8.31. The highest BCUT2D eigenvalue weighted by Gasteiger charge is 2.38. The zero-order valence-corrected chi connectivity index (χ0v) is 14.8. The molecular weight excluding hydrogens is 312 g/mol. The minimum Gasteiger partial charge on any atom is -0.481 e. The van der Waals surface area contributed by atoms with Gasteiger partial charge in [0, 0.05) is 19.6 Å². The average Bonchev–Trinajstić information content (AvgIpc) is 2.95. The molecule has 1 amide bonds. The summed E-state index contributed by atoms with van der Waals surface area (Å²) in [6.07, 6.45) is 3.06. The van der Waals surface area contributed by atoms with Crippen LogP contribution in [0, 0.1) is 12.3 Å². The van der Waals surface area contributed by atoms with Gasteiger partial charge in [-0.15, -0.1) is 12.4 Å². The van der Waals surface area contributed by atoms with E-state index in [1.807, 2.05) is 43.0 Å². The molecule has 3 rings (SSSR count). The average molecular weight is 339 g/mol. The molecule has 1 atom stereocenters. The van der Waals surface area contributed by atoms with Crippen molar-refractivity contribution < 1.29 is 9.53 Å². The molecule has 5 heteroatoms. The van der Waals surface area contributed by atoms with Crippen LogP contribution in [0.1, 0.15) is 31.7 Å². The molecule has 2 saturated heterocycles. The van der Waals surface area contributed by atoms with Crippen LogP contribution < -0.4 is 10.1 Å². The Kier molecular flexibility index (Phi) is 5.93. The summed E-state index contributed by atoms with van der Waals surface area (Å²) < 4.78 is 5.82. The van der Waals surface area contributed by atoms with Crippen molar-refractivity contribution in [1.29, 1.82) is 0 Å². The first kappa shape index (κ1) is 18.1. The molecule has 2 heterocycles. The van der Waals surface area contributed by atoms with Gasteiger partial charge < -0.3 is 15.0 Å². The molecule has 1 N–H and O–H groups in total. The number of likely N-dealkylation sites (tertiary alicyclic amines) is 1. The quantitative estimate of drug-likeness (QED) is 0.921. The number of nitrogens with zero attached hydrogens (tertiary/aromatic N) is 1. The number of aryl methyl sites for hydroxylation is 1. The molecule has 2 fully saturated rings. The van der Waals surface area contributed by atoms with Gasteiger partial charge >= 0.3 is 0 Å². The van der Waals surface area contributed by atoms with Gasteiger partial charge in [-0.2, -0.15) is 0 Å². The molecule has 2 aliphatic rings. The van der Waals surface area contributed by atoms with Gasteiger partial charge in [-0.1, -0.05) is 12.1 Å². The number of carbonyl (C=O) groups is 1. The minimum absolute atomic E-state index is 0. The van der Waals surface area contributed by atoms with Gasteiger partial charge in [-0.3, -0.25) is 4.79 Å². The van der Waals surface area contributed by atoms with Crippen molar-refractivity contribution in [3.8, 4) is 5.75 Å². The molecule has 2 aliphatic heterocycles. The second-order valence-electron chi connectivity index (χ2n) is 6.83. The highest BCUT2D eigenvalue weighted by atomic mass is 35.5. The molecule has 0 saturated carbocycles. The van der Waals surface area contributed by atoms with Gasteiger partial charge in [-0.25, -0.2) is 0 Å². The van der Waals surface area contributed by atoms with E-state index in [0.717, 1.165) is 50.3 Å². The molecule has 1 spiro atoms. The highest BCUT2D eigenvalue weighted by Crippen LogP contribution is 2.37. The monoisotopic (exact) mass is 338 g/mol. The summed E-state index contributed by atoms with van der Waals surface area (Å²) >= 11 is 0. The molecular formula is C18H27ClN2O2. The first-order valence-corrected chi connectivity index (χ1v) is 8.31. The number of nitrogens with one attached hydrogen (secondary N) is 1. The van der Waals surface area contributed by atoms with Crippen LogP contribution in [0.25, 0.3) is 0 Å². The third-order valence-electron chi connectivity index (χ3n) is 5.12. The van der Waals surface area contributed by atoms with Crippen LogP contribution in [0.4, 0.5) is 0 Å². The van der Waals surface area contributed by atoms with Crippen LogP contribution in [0.5, 0.6) is 5.75 Å². The van der Waals surface area contributed by atoms with Crippen molar-refractivity contribution in [2.45, 2.75) is 39.2 Å².